The number of benzene rings is 1. The molecule has 0 saturated heterocycles. The summed E-state index contributed by atoms with van der Waals surface area (Å²) in [6.45, 7) is 0.350. The maximum atomic E-state index is 13.9. The minimum atomic E-state index is -0.723. The third-order valence-electron chi connectivity index (χ3n) is 3.00. The lowest BCUT2D eigenvalue weighted by atomic mass is 10.1. The molecule has 4 nitrogen and oxygen atoms in total. The predicted octanol–water partition coefficient (Wildman–Crippen LogP) is 2.75. The molecule has 3 rings (SSSR count). The molecule has 2 heterocycles. The van der Waals surface area contributed by atoms with E-state index in [0.29, 0.717) is 24.2 Å². The largest absolute Gasteiger partial charge is 0.481 e. The second-order valence-electron chi connectivity index (χ2n) is 4.54. The molecule has 0 aliphatic carbocycles. The van der Waals surface area contributed by atoms with Gasteiger partial charge in [0.2, 0.25) is 0 Å². The maximum absolute atomic E-state index is 13.9. The summed E-state index contributed by atoms with van der Waals surface area (Å²) in [6, 6.07) is 2.49. The average molecular weight is 309 g/mol. The van der Waals surface area contributed by atoms with Crippen LogP contribution in [0, 0.1) is 11.6 Å². The van der Waals surface area contributed by atoms with E-state index in [9.17, 15) is 8.78 Å². The van der Waals surface area contributed by atoms with E-state index in [-0.39, 0.29) is 12.4 Å². The van der Waals surface area contributed by atoms with Gasteiger partial charge in [-0.15, -0.1) is 11.3 Å². The lowest BCUT2D eigenvalue weighted by molar-refractivity contribution is 0.270. The van der Waals surface area contributed by atoms with Gasteiger partial charge in [0.1, 0.15) is 6.61 Å². The molecular weight excluding hydrogens is 296 g/mol. The Morgan fingerprint density at radius 1 is 1.29 bits per heavy atom. The Bertz CT molecular complexity index is 717. The SMILES string of the molecule is NCCc1cc(F)c(OCc2cn3ccsc3n2)c(F)c1. The van der Waals surface area contributed by atoms with Gasteiger partial charge in [-0.2, -0.15) is 0 Å². The Morgan fingerprint density at radius 3 is 2.71 bits per heavy atom. The summed E-state index contributed by atoms with van der Waals surface area (Å²) in [7, 11) is 0. The van der Waals surface area contributed by atoms with Gasteiger partial charge in [0.05, 0.1) is 5.69 Å². The molecule has 0 aliphatic heterocycles. The van der Waals surface area contributed by atoms with E-state index in [2.05, 4.69) is 4.98 Å². The van der Waals surface area contributed by atoms with Crippen LogP contribution in [0.1, 0.15) is 11.3 Å². The van der Waals surface area contributed by atoms with E-state index in [1.807, 2.05) is 16.0 Å². The number of ether oxygens (including phenoxy) is 1. The van der Waals surface area contributed by atoms with Gasteiger partial charge in [0.15, 0.2) is 22.3 Å². The second kappa shape index (κ2) is 5.79. The van der Waals surface area contributed by atoms with Gasteiger partial charge in [0, 0.05) is 17.8 Å². The molecule has 0 spiro atoms. The molecule has 0 unspecified atom stereocenters. The van der Waals surface area contributed by atoms with Crippen molar-refractivity contribution in [1.29, 1.82) is 0 Å². The second-order valence-corrected chi connectivity index (χ2v) is 5.41. The molecule has 21 heavy (non-hydrogen) atoms. The van der Waals surface area contributed by atoms with Crippen LogP contribution in [0.2, 0.25) is 0 Å². The smallest absolute Gasteiger partial charge is 0.193 e. The van der Waals surface area contributed by atoms with E-state index in [1.165, 1.54) is 23.5 Å². The van der Waals surface area contributed by atoms with Gasteiger partial charge in [0.25, 0.3) is 0 Å². The number of hydrogen-bond acceptors (Lipinski definition) is 4. The lowest BCUT2D eigenvalue weighted by Gasteiger charge is -2.08. The fourth-order valence-corrected chi connectivity index (χ4v) is 2.77. The van der Waals surface area contributed by atoms with E-state index in [4.69, 9.17) is 10.5 Å². The molecule has 0 saturated carbocycles. The Hall–Kier alpha value is -1.99. The monoisotopic (exact) mass is 309 g/mol. The van der Waals surface area contributed by atoms with Crippen LogP contribution in [0.25, 0.3) is 4.96 Å². The summed E-state index contributed by atoms with van der Waals surface area (Å²) >= 11 is 1.48. The zero-order valence-electron chi connectivity index (χ0n) is 11.1. The molecule has 7 heteroatoms. The Balaban J connectivity index is 1.76. The molecule has 0 fully saturated rings. The van der Waals surface area contributed by atoms with Crippen LogP contribution in [0.3, 0.4) is 0 Å². The third kappa shape index (κ3) is 2.88. The van der Waals surface area contributed by atoms with Crippen molar-refractivity contribution in [3.05, 3.63) is 52.8 Å². The van der Waals surface area contributed by atoms with Gasteiger partial charge < -0.3 is 10.5 Å². The fraction of sp³-hybridized carbons (Fsp3) is 0.214. The number of fused-ring (bicyclic) bond motifs is 1. The first kappa shape index (κ1) is 14.0. The Morgan fingerprint density at radius 2 is 2.05 bits per heavy atom. The van der Waals surface area contributed by atoms with E-state index in [0.717, 1.165) is 4.96 Å². The van der Waals surface area contributed by atoms with Gasteiger partial charge in [-0.05, 0) is 30.7 Å². The average Bonchev–Trinajstić information content (AvgIpc) is 2.98. The number of thiazole rings is 1. The zero-order chi connectivity index (χ0) is 14.8. The van der Waals surface area contributed by atoms with Crippen molar-refractivity contribution in [3.8, 4) is 5.75 Å². The van der Waals surface area contributed by atoms with Crippen LogP contribution >= 0.6 is 11.3 Å². The summed E-state index contributed by atoms with van der Waals surface area (Å²) in [5.74, 6) is -1.83. The molecule has 0 aliphatic rings. The quantitative estimate of drug-likeness (QED) is 0.788. The molecule has 0 bridgehead atoms. The van der Waals surface area contributed by atoms with E-state index in [1.54, 1.807) is 6.20 Å². The molecule has 2 N–H and O–H groups in total. The number of imidazole rings is 1. The number of halogens is 2. The van der Waals surface area contributed by atoms with E-state index >= 15 is 0 Å². The van der Waals surface area contributed by atoms with Crippen molar-refractivity contribution in [2.75, 3.05) is 6.54 Å². The van der Waals surface area contributed by atoms with Crippen LogP contribution in [-0.4, -0.2) is 15.9 Å². The lowest BCUT2D eigenvalue weighted by Crippen LogP contribution is -2.05. The van der Waals surface area contributed by atoms with Crippen molar-refractivity contribution in [2.24, 2.45) is 5.73 Å². The number of aromatic nitrogens is 2. The molecule has 0 amide bonds. The molecule has 110 valence electrons. The number of nitrogens with zero attached hydrogens (tertiary/aromatic N) is 2. The van der Waals surface area contributed by atoms with Crippen molar-refractivity contribution in [1.82, 2.24) is 9.38 Å². The first-order valence-corrected chi connectivity index (χ1v) is 7.27. The number of rotatable bonds is 5. The molecule has 1 aromatic carbocycles. The summed E-state index contributed by atoms with van der Waals surface area (Å²) in [5, 5.41) is 1.91. The zero-order valence-corrected chi connectivity index (χ0v) is 11.9. The van der Waals surface area contributed by atoms with Crippen molar-refractivity contribution < 1.29 is 13.5 Å². The highest BCUT2D eigenvalue weighted by Gasteiger charge is 2.13. The highest BCUT2D eigenvalue weighted by molar-refractivity contribution is 7.15. The first-order chi connectivity index (χ1) is 10.2. The molecule has 0 atom stereocenters. The van der Waals surface area contributed by atoms with Gasteiger partial charge in [-0.25, -0.2) is 13.8 Å². The van der Waals surface area contributed by atoms with Gasteiger partial charge in [-0.1, -0.05) is 0 Å². The molecule has 3 aromatic rings. The summed E-state index contributed by atoms with van der Waals surface area (Å²) < 4.78 is 34.8. The standard InChI is InChI=1S/C14H13F2N3OS/c15-11-5-9(1-2-17)6-12(16)13(11)20-8-10-7-19-3-4-21-14(19)18-10/h3-7H,1-2,8,17H2. The fourth-order valence-electron chi connectivity index (χ4n) is 2.05. The highest BCUT2D eigenvalue weighted by atomic mass is 32.1. The predicted molar refractivity (Wildman–Crippen MR) is 76.5 cm³/mol. The normalized spacial score (nSPS) is 11.2. The van der Waals surface area contributed by atoms with Crippen LogP contribution in [-0.2, 0) is 13.0 Å². The van der Waals surface area contributed by atoms with Crippen LogP contribution in [0.4, 0.5) is 8.78 Å². The van der Waals surface area contributed by atoms with Crippen LogP contribution in [0.15, 0.2) is 29.9 Å². The summed E-state index contributed by atoms with van der Waals surface area (Å²) in [5.41, 5.74) is 6.51. The minimum Gasteiger partial charge on any atom is -0.481 e. The minimum absolute atomic E-state index is 0.0124. The third-order valence-corrected chi connectivity index (χ3v) is 3.77. The van der Waals surface area contributed by atoms with Crippen molar-refractivity contribution in [2.45, 2.75) is 13.0 Å². The van der Waals surface area contributed by atoms with Gasteiger partial charge >= 0.3 is 0 Å². The van der Waals surface area contributed by atoms with Crippen molar-refractivity contribution in [3.63, 3.8) is 0 Å². The highest BCUT2D eigenvalue weighted by Crippen LogP contribution is 2.24. The molecular formula is C14H13F2N3OS. The summed E-state index contributed by atoms with van der Waals surface area (Å²) in [6.07, 6.45) is 4.05. The first-order valence-electron chi connectivity index (χ1n) is 6.39. The van der Waals surface area contributed by atoms with Crippen molar-refractivity contribution >= 4 is 16.3 Å². The number of nitrogens with two attached hydrogens (primary N) is 1. The van der Waals surface area contributed by atoms with E-state index < -0.39 is 11.6 Å². The van der Waals surface area contributed by atoms with Gasteiger partial charge in [-0.3, -0.25) is 4.40 Å². The topological polar surface area (TPSA) is 52.5 Å². The maximum Gasteiger partial charge on any atom is 0.193 e. The number of hydrogen-bond donors (Lipinski definition) is 1. The van der Waals surface area contributed by atoms with Crippen LogP contribution in [0.5, 0.6) is 5.75 Å². The molecule has 0 radical (unpaired) electrons. The van der Waals surface area contributed by atoms with Crippen LogP contribution < -0.4 is 10.5 Å². The Labute approximate surface area is 123 Å². The molecule has 2 aromatic heterocycles. The summed E-state index contributed by atoms with van der Waals surface area (Å²) in [4.78, 5) is 5.10. The Kier molecular flexibility index (Phi) is 3.85.